The Morgan fingerprint density at radius 3 is 3.00 bits per heavy atom. The zero-order chi connectivity index (χ0) is 15.6. The molecule has 3 aromatic rings. The molecule has 0 aliphatic heterocycles. The Morgan fingerprint density at radius 2 is 2.13 bits per heavy atom. The first-order valence-electron chi connectivity index (χ1n) is 7.78. The van der Waals surface area contributed by atoms with E-state index in [1.165, 1.54) is 18.4 Å². The maximum absolute atomic E-state index is 12.1. The second-order valence-electron chi connectivity index (χ2n) is 5.91. The summed E-state index contributed by atoms with van der Waals surface area (Å²) in [5.41, 5.74) is 3.96. The van der Waals surface area contributed by atoms with E-state index in [4.69, 9.17) is 0 Å². The van der Waals surface area contributed by atoms with Gasteiger partial charge in [0.15, 0.2) is 0 Å². The summed E-state index contributed by atoms with van der Waals surface area (Å²) < 4.78 is 1.61. The summed E-state index contributed by atoms with van der Waals surface area (Å²) in [4.78, 5) is 16.4. The van der Waals surface area contributed by atoms with Gasteiger partial charge in [0.25, 0.3) is 0 Å². The third-order valence-corrected chi connectivity index (χ3v) is 4.07. The summed E-state index contributed by atoms with van der Waals surface area (Å²) in [7, 11) is 0. The fourth-order valence-corrected chi connectivity index (χ4v) is 2.67. The van der Waals surface area contributed by atoms with Crippen molar-refractivity contribution in [1.29, 1.82) is 0 Å². The first-order valence-corrected chi connectivity index (χ1v) is 7.78. The predicted molar refractivity (Wildman–Crippen MR) is 85.6 cm³/mol. The highest BCUT2D eigenvalue weighted by Crippen LogP contribution is 2.39. The Labute approximate surface area is 133 Å². The standard InChI is InChI=1S/C17H17N5O/c23-17(11-22-16-4-2-1-3-15(16)20-21-22)19-9-12-7-14(10-18-8-12)13-5-6-13/h1-4,7-8,10,13H,5-6,9,11H2,(H,19,23). The Bertz CT molecular complexity index is 853. The fourth-order valence-electron chi connectivity index (χ4n) is 2.67. The van der Waals surface area contributed by atoms with Crippen molar-refractivity contribution in [2.24, 2.45) is 0 Å². The van der Waals surface area contributed by atoms with Crippen molar-refractivity contribution in [2.45, 2.75) is 31.8 Å². The van der Waals surface area contributed by atoms with Gasteiger partial charge in [-0.2, -0.15) is 0 Å². The molecule has 1 fully saturated rings. The molecule has 116 valence electrons. The van der Waals surface area contributed by atoms with Gasteiger partial charge in [-0.25, -0.2) is 4.68 Å². The quantitative estimate of drug-likeness (QED) is 0.782. The number of pyridine rings is 1. The molecule has 6 heteroatoms. The average Bonchev–Trinajstić information content (AvgIpc) is 3.36. The second-order valence-corrected chi connectivity index (χ2v) is 5.91. The number of nitrogens with one attached hydrogen (secondary N) is 1. The molecule has 4 rings (SSSR count). The van der Waals surface area contributed by atoms with Gasteiger partial charge in [0.1, 0.15) is 12.1 Å². The number of rotatable bonds is 5. The van der Waals surface area contributed by atoms with Crippen molar-refractivity contribution in [3.8, 4) is 0 Å². The van der Waals surface area contributed by atoms with Gasteiger partial charge >= 0.3 is 0 Å². The van der Waals surface area contributed by atoms with E-state index < -0.39 is 0 Å². The Morgan fingerprint density at radius 1 is 1.26 bits per heavy atom. The summed E-state index contributed by atoms with van der Waals surface area (Å²) in [5, 5.41) is 11.0. The predicted octanol–water partition coefficient (Wildman–Crippen LogP) is 2.02. The summed E-state index contributed by atoms with van der Waals surface area (Å²) in [6.45, 7) is 0.648. The molecule has 0 radical (unpaired) electrons. The lowest BCUT2D eigenvalue weighted by Crippen LogP contribution is -2.27. The van der Waals surface area contributed by atoms with Crippen LogP contribution in [-0.4, -0.2) is 25.9 Å². The van der Waals surface area contributed by atoms with Crippen LogP contribution in [0.15, 0.2) is 42.7 Å². The number of aromatic nitrogens is 4. The molecule has 0 unspecified atom stereocenters. The van der Waals surface area contributed by atoms with Crippen LogP contribution in [0.5, 0.6) is 0 Å². The maximum Gasteiger partial charge on any atom is 0.242 e. The fraction of sp³-hybridized carbons (Fsp3) is 0.294. The van der Waals surface area contributed by atoms with Gasteiger partial charge in [-0.1, -0.05) is 23.4 Å². The number of hydrogen-bond donors (Lipinski definition) is 1. The largest absolute Gasteiger partial charge is 0.350 e. The van der Waals surface area contributed by atoms with Crippen LogP contribution in [0.2, 0.25) is 0 Å². The molecular formula is C17H17N5O. The van der Waals surface area contributed by atoms with Gasteiger partial charge in [0.05, 0.1) is 5.52 Å². The van der Waals surface area contributed by atoms with E-state index in [1.807, 2.05) is 30.5 Å². The van der Waals surface area contributed by atoms with Crippen molar-refractivity contribution < 1.29 is 4.79 Å². The SMILES string of the molecule is O=C(Cn1nnc2ccccc21)NCc1cncc(C2CC2)c1. The van der Waals surface area contributed by atoms with Crippen LogP contribution < -0.4 is 5.32 Å². The lowest BCUT2D eigenvalue weighted by atomic mass is 10.1. The van der Waals surface area contributed by atoms with Gasteiger partial charge in [0.2, 0.25) is 5.91 Å². The molecule has 6 nitrogen and oxygen atoms in total. The minimum atomic E-state index is -0.0857. The molecule has 0 spiro atoms. The molecule has 1 aromatic carbocycles. The van der Waals surface area contributed by atoms with Crippen LogP contribution in [0.1, 0.15) is 29.9 Å². The summed E-state index contributed by atoms with van der Waals surface area (Å²) in [6, 6.07) is 9.74. The lowest BCUT2D eigenvalue weighted by molar-refractivity contribution is -0.121. The molecular weight excluding hydrogens is 290 g/mol. The number of carbonyl (C=O) groups excluding carboxylic acids is 1. The minimum Gasteiger partial charge on any atom is -0.350 e. The average molecular weight is 307 g/mol. The van der Waals surface area contributed by atoms with E-state index in [9.17, 15) is 4.79 Å². The number of amides is 1. The van der Waals surface area contributed by atoms with Crippen molar-refractivity contribution in [3.05, 3.63) is 53.9 Å². The molecule has 0 saturated heterocycles. The summed E-state index contributed by atoms with van der Waals surface area (Å²) in [6.07, 6.45) is 6.22. The van der Waals surface area contributed by atoms with Crippen LogP contribution in [0, 0.1) is 0 Å². The van der Waals surface area contributed by atoms with E-state index >= 15 is 0 Å². The van der Waals surface area contributed by atoms with E-state index in [1.54, 1.807) is 10.9 Å². The van der Waals surface area contributed by atoms with Crippen LogP contribution in [0.25, 0.3) is 11.0 Å². The monoisotopic (exact) mass is 307 g/mol. The van der Waals surface area contributed by atoms with E-state index in [0.29, 0.717) is 12.5 Å². The molecule has 1 N–H and O–H groups in total. The lowest BCUT2D eigenvalue weighted by Gasteiger charge is -2.07. The van der Waals surface area contributed by atoms with Crippen LogP contribution in [0.3, 0.4) is 0 Å². The number of hydrogen-bond acceptors (Lipinski definition) is 4. The third-order valence-electron chi connectivity index (χ3n) is 4.07. The highest BCUT2D eigenvalue weighted by molar-refractivity contribution is 5.79. The second kappa shape index (κ2) is 5.79. The van der Waals surface area contributed by atoms with Crippen LogP contribution >= 0.6 is 0 Å². The molecule has 1 saturated carbocycles. The van der Waals surface area contributed by atoms with Gasteiger partial charge in [-0.05, 0) is 42.0 Å². The summed E-state index contributed by atoms with van der Waals surface area (Å²) in [5.74, 6) is 0.581. The van der Waals surface area contributed by atoms with Crippen LogP contribution in [0.4, 0.5) is 0 Å². The van der Waals surface area contributed by atoms with E-state index in [0.717, 1.165) is 16.6 Å². The van der Waals surface area contributed by atoms with Crippen LogP contribution in [-0.2, 0) is 17.9 Å². The maximum atomic E-state index is 12.1. The molecule has 0 bridgehead atoms. The van der Waals surface area contributed by atoms with Gasteiger partial charge in [-0.3, -0.25) is 9.78 Å². The molecule has 1 amide bonds. The third kappa shape index (κ3) is 3.06. The molecule has 1 aliphatic carbocycles. The number of para-hydroxylation sites is 1. The van der Waals surface area contributed by atoms with Gasteiger partial charge < -0.3 is 5.32 Å². The number of carbonyl (C=O) groups is 1. The number of nitrogens with zero attached hydrogens (tertiary/aromatic N) is 4. The molecule has 1 aliphatic rings. The number of fused-ring (bicyclic) bond motifs is 1. The van der Waals surface area contributed by atoms with E-state index in [2.05, 4.69) is 26.7 Å². The van der Waals surface area contributed by atoms with Gasteiger partial charge in [0, 0.05) is 18.9 Å². The molecule has 0 atom stereocenters. The van der Waals surface area contributed by atoms with Crippen molar-refractivity contribution in [3.63, 3.8) is 0 Å². The molecule has 2 aromatic heterocycles. The molecule has 2 heterocycles. The minimum absolute atomic E-state index is 0.0857. The highest BCUT2D eigenvalue weighted by Gasteiger charge is 2.23. The normalized spacial score (nSPS) is 14.1. The molecule has 23 heavy (non-hydrogen) atoms. The zero-order valence-corrected chi connectivity index (χ0v) is 12.6. The smallest absolute Gasteiger partial charge is 0.242 e. The highest BCUT2D eigenvalue weighted by atomic mass is 16.2. The topological polar surface area (TPSA) is 72.7 Å². The van der Waals surface area contributed by atoms with Gasteiger partial charge in [-0.15, -0.1) is 5.10 Å². The van der Waals surface area contributed by atoms with Crippen molar-refractivity contribution in [1.82, 2.24) is 25.3 Å². The first-order chi connectivity index (χ1) is 11.3. The Balaban J connectivity index is 1.39. The van der Waals surface area contributed by atoms with Crippen molar-refractivity contribution in [2.75, 3.05) is 0 Å². The Kier molecular flexibility index (Phi) is 3.49. The van der Waals surface area contributed by atoms with Crippen molar-refractivity contribution >= 4 is 16.9 Å². The number of benzene rings is 1. The zero-order valence-electron chi connectivity index (χ0n) is 12.6. The Hall–Kier alpha value is -2.76. The first kappa shape index (κ1) is 13.9. The summed E-state index contributed by atoms with van der Waals surface area (Å²) >= 11 is 0. The van der Waals surface area contributed by atoms with E-state index in [-0.39, 0.29) is 12.5 Å².